The number of aliphatic hydroxyl groups is 2. The number of hydrogen-bond donors (Lipinski definition) is 2. The summed E-state index contributed by atoms with van der Waals surface area (Å²) in [5.74, 6) is 1.12. The van der Waals surface area contributed by atoms with Gasteiger partial charge in [0.15, 0.2) is 0 Å². The van der Waals surface area contributed by atoms with Crippen LogP contribution >= 0.6 is 11.6 Å². The molecule has 0 saturated carbocycles. The van der Waals surface area contributed by atoms with E-state index in [-0.39, 0.29) is 0 Å². The quantitative estimate of drug-likeness (QED) is 0.828. The smallest absolute Gasteiger partial charge is 0.119 e. The Hall–Kier alpha value is -1.29. The minimum Gasteiger partial charge on any atom is -0.497 e. The van der Waals surface area contributed by atoms with Gasteiger partial charge in [0.25, 0.3) is 0 Å². The molecular formula is C15H17ClO3. The Morgan fingerprint density at radius 2 is 1.79 bits per heavy atom. The Bertz CT molecular complexity index is 556. The molecule has 0 heterocycles. The predicted molar refractivity (Wildman–Crippen MR) is 76.8 cm³/mol. The number of fused-ring (bicyclic) bond motifs is 1. The largest absolute Gasteiger partial charge is 0.497 e. The van der Waals surface area contributed by atoms with E-state index in [9.17, 15) is 10.2 Å². The number of halogens is 1. The number of benzene rings is 2. The Morgan fingerprint density at radius 1 is 1.11 bits per heavy atom. The van der Waals surface area contributed by atoms with Crippen molar-refractivity contribution in [3.05, 3.63) is 42.0 Å². The molecule has 0 fully saturated rings. The number of aliphatic hydroxyl groups excluding tert-OH is 2. The molecule has 2 aromatic carbocycles. The van der Waals surface area contributed by atoms with Crippen LogP contribution in [0.25, 0.3) is 10.8 Å². The van der Waals surface area contributed by atoms with Crippen molar-refractivity contribution in [2.45, 2.75) is 18.6 Å². The van der Waals surface area contributed by atoms with Gasteiger partial charge in [-0.3, -0.25) is 0 Å². The maximum Gasteiger partial charge on any atom is 0.119 e. The Morgan fingerprint density at radius 3 is 2.47 bits per heavy atom. The van der Waals surface area contributed by atoms with Crippen LogP contribution < -0.4 is 4.74 Å². The molecule has 19 heavy (non-hydrogen) atoms. The standard InChI is InChI=1S/C15H17ClO3/c1-19-13-5-4-10-8-12(3-2-11(10)9-13)15(18)14(17)6-7-16/h2-5,8-9,14-15,17-18H,6-7H2,1H3. The first-order chi connectivity index (χ1) is 9.15. The van der Waals surface area contributed by atoms with Gasteiger partial charge < -0.3 is 14.9 Å². The van der Waals surface area contributed by atoms with Crippen molar-refractivity contribution in [2.24, 2.45) is 0 Å². The third kappa shape index (κ3) is 3.18. The van der Waals surface area contributed by atoms with Crippen molar-refractivity contribution in [1.82, 2.24) is 0 Å². The summed E-state index contributed by atoms with van der Waals surface area (Å²) >= 11 is 5.57. The Balaban J connectivity index is 2.31. The van der Waals surface area contributed by atoms with Crippen LogP contribution in [0.2, 0.25) is 0 Å². The lowest BCUT2D eigenvalue weighted by atomic mass is 9.99. The zero-order valence-electron chi connectivity index (χ0n) is 10.7. The molecule has 3 nitrogen and oxygen atoms in total. The molecular weight excluding hydrogens is 264 g/mol. The lowest BCUT2D eigenvalue weighted by Gasteiger charge is -2.17. The van der Waals surface area contributed by atoms with E-state index in [4.69, 9.17) is 16.3 Å². The third-order valence-corrected chi connectivity index (χ3v) is 3.40. The Labute approximate surface area is 117 Å². The third-order valence-electron chi connectivity index (χ3n) is 3.18. The van der Waals surface area contributed by atoms with Crippen molar-refractivity contribution in [1.29, 1.82) is 0 Å². The minimum atomic E-state index is -0.912. The average Bonchev–Trinajstić information content (AvgIpc) is 2.45. The molecule has 0 radical (unpaired) electrons. The molecule has 0 spiro atoms. The summed E-state index contributed by atoms with van der Waals surface area (Å²) in [6.45, 7) is 0. The van der Waals surface area contributed by atoms with Gasteiger partial charge in [-0.05, 0) is 41.0 Å². The van der Waals surface area contributed by atoms with Crippen LogP contribution in [0.4, 0.5) is 0 Å². The summed E-state index contributed by atoms with van der Waals surface area (Å²) in [7, 11) is 1.63. The van der Waals surface area contributed by atoms with Gasteiger partial charge >= 0.3 is 0 Å². The van der Waals surface area contributed by atoms with Crippen LogP contribution in [-0.2, 0) is 0 Å². The highest BCUT2D eigenvalue weighted by atomic mass is 35.5. The summed E-state index contributed by atoms with van der Waals surface area (Å²) in [5.41, 5.74) is 0.690. The van der Waals surface area contributed by atoms with Crippen LogP contribution in [0, 0.1) is 0 Å². The van der Waals surface area contributed by atoms with Gasteiger partial charge in [-0.25, -0.2) is 0 Å². The van der Waals surface area contributed by atoms with Crippen LogP contribution in [-0.4, -0.2) is 29.3 Å². The molecule has 2 atom stereocenters. The molecule has 0 aliphatic carbocycles. The Kier molecular flexibility index (Phi) is 4.64. The summed E-state index contributed by atoms with van der Waals surface area (Å²) in [5, 5.41) is 21.8. The molecule has 0 aromatic heterocycles. The molecule has 102 valence electrons. The van der Waals surface area contributed by atoms with E-state index in [1.165, 1.54) is 0 Å². The number of ether oxygens (including phenoxy) is 1. The molecule has 0 saturated heterocycles. The fourth-order valence-electron chi connectivity index (χ4n) is 2.05. The zero-order valence-corrected chi connectivity index (χ0v) is 11.5. The topological polar surface area (TPSA) is 49.7 Å². The molecule has 2 N–H and O–H groups in total. The van der Waals surface area contributed by atoms with Gasteiger partial charge in [-0.15, -0.1) is 11.6 Å². The normalized spacial score (nSPS) is 14.3. The van der Waals surface area contributed by atoms with Gasteiger partial charge in [0.2, 0.25) is 0 Å². The monoisotopic (exact) mass is 280 g/mol. The highest BCUT2D eigenvalue weighted by Gasteiger charge is 2.17. The number of methoxy groups -OCH3 is 1. The molecule has 4 heteroatoms. The van der Waals surface area contributed by atoms with E-state index in [0.29, 0.717) is 17.9 Å². The lowest BCUT2D eigenvalue weighted by Crippen LogP contribution is -2.18. The van der Waals surface area contributed by atoms with E-state index in [1.807, 2.05) is 36.4 Å². The first-order valence-electron chi connectivity index (χ1n) is 6.15. The second-order valence-electron chi connectivity index (χ2n) is 4.46. The molecule has 0 bridgehead atoms. The highest BCUT2D eigenvalue weighted by molar-refractivity contribution is 6.17. The maximum atomic E-state index is 10.0. The first kappa shape index (κ1) is 14.1. The van der Waals surface area contributed by atoms with E-state index in [0.717, 1.165) is 16.5 Å². The summed E-state index contributed by atoms with van der Waals surface area (Å²) < 4.78 is 5.17. The number of hydrogen-bond acceptors (Lipinski definition) is 3. The van der Waals surface area contributed by atoms with E-state index < -0.39 is 12.2 Å². The lowest BCUT2D eigenvalue weighted by molar-refractivity contribution is 0.0171. The number of alkyl halides is 1. The van der Waals surface area contributed by atoms with Gasteiger partial charge in [-0.2, -0.15) is 0 Å². The average molecular weight is 281 g/mol. The van der Waals surface area contributed by atoms with Gasteiger partial charge in [0, 0.05) is 5.88 Å². The fourth-order valence-corrected chi connectivity index (χ4v) is 2.27. The molecule has 2 unspecified atom stereocenters. The van der Waals surface area contributed by atoms with Crippen LogP contribution in [0.15, 0.2) is 36.4 Å². The van der Waals surface area contributed by atoms with Gasteiger partial charge in [0.05, 0.1) is 13.2 Å². The first-order valence-corrected chi connectivity index (χ1v) is 6.69. The van der Waals surface area contributed by atoms with Crippen LogP contribution in [0.3, 0.4) is 0 Å². The molecule has 0 aliphatic rings. The van der Waals surface area contributed by atoms with Crippen molar-refractivity contribution >= 4 is 22.4 Å². The highest BCUT2D eigenvalue weighted by Crippen LogP contribution is 2.26. The van der Waals surface area contributed by atoms with Crippen molar-refractivity contribution in [2.75, 3.05) is 13.0 Å². The maximum absolute atomic E-state index is 10.0. The zero-order chi connectivity index (χ0) is 13.8. The van der Waals surface area contributed by atoms with Gasteiger partial charge in [0.1, 0.15) is 11.9 Å². The van der Waals surface area contributed by atoms with Crippen molar-refractivity contribution in [3.63, 3.8) is 0 Å². The molecule has 2 aromatic rings. The van der Waals surface area contributed by atoms with Crippen molar-refractivity contribution in [3.8, 4) is 5.75 Å². The SMILES string of the molecule is COc1ccc2cc(C(O)C(O)CCCl)ccc2c1. The summed E-state index contributed by atoms with van der Waals surface area (Å²) in [6.07, 6.45) is -1.39. The second-order valence-corrected chi connectivity index (χ2v) is 4.84. The van der Waals surface area contributed by atoms with Gasteiger partial charge in [-0.1, -0.05) is 18.2 Å². The summed E-state index contributed by atoms with van der Waals surface area (Å²) in [6, 6.07) is 11.3. The van der Waals surface area contributed by atoms with E-state index in [2.05, 4.69) is 0 Å². The van der Waals surface area contributed by atoms with Crippen LogP contribution in [0.1, 0.15) is 18.1 Å². The predicted octanol–water partition coefficient (Wildman–Crippen LogP) is 2.87. The second kappa shape index (κ2) is 6.24. The fraction of sp³-hybridized carbons (Fsp3) is 0.333. The van der Waals surface area contributed by atoms with E-state index in [1.54, 1.807) is 7.11 Å². The molecule has 0 amide bonds. The molecule has 2 rings (SSSR count). The minimum absolute atomic E-state index is 0.322. The van der Waals surface area contributed by atoms with Crippen molar-refractivity contribution < 1.29 is 14.9 Å². The summed E-state index contributed by atoms with van der Waals surface area (Å²) in [4.78, 5) is 0. The number of rotatable bonds is 5. The van der Waals surface area contributed by atoms with E-state index >= 15 is 0 Å². The van der Waals surface area contributed by atoms with Crippen LogP contribution in [0.5, 0.6) is 5.75 Å². The molecule has 0 aliphatic heterocycles.